The van der Waals surface area contributed by atoms with Gasteiger partial charge in [-0.15, -0.1) is 10.6 Å². The molecule has 0 saturated heterocycles. The number of amides is 1. The maximum Gasteiger partial charge on any atom is 0.410 e. The van der Waals surface area contributed by atoms with Crippen LogP contribution in [-0.4, -0.2) is 55.1 Å². The summed E-state index contributed by atoms with van der Waals surface area (Å²) in [6, 6.07) is 12.8. The van der Waals surface area contributed by atoms with E-state index in [1.54, 1.807) is 68.6 Å². The highest BCUT2D eigenvalue weighted by molar-refractivity contribution is 7.92. The number of sulfonamides is 1. The number of rotatable bonds is 10. The van der Waals surface area contributed by atoms with Crippen molar-refractivity contribution in [3.63, 3.8) is 0 Å². The predicted octanol–water partition coefficient (Wildman–Crippen LogP) is 3.71. The Morgan fingerprint density at radius 2 is 1.92 bits per heavy atom. The topological polar surface area (TPSA) is 172 Å². The molecule has 1 amide bonds. The Morgan fingerprint density at radius 3 is 2.57 bits per heavy atom. The Kier molecular flexibility index (Phi) is 9.38. The fourth-order valence-corrected chi connectivity index (χ4v) is 4.28. The van der Waals surface area contributed by atoms with Gasteiger partial charge in [-0.3, -0.25) is 9.08 Å². The second-order valence-corrected chi connectivity index (χ2v) is 10.7. The smallest absolute Gasteiger partial charge is 0.410 e. The van der Waals surface area contributed by atoms with Crippen LogP contribution in [0.5, 0.6) is 0 Å². The maximum absolute atomic E-state index is 12.2. The van der Waals surface area contributed by atoms with Gasteiger partial charge in [0.25, 0.3) is 0 Å². The van der Waals surface area contributed by atoms with Gasteiger partial charge in [0.1, 0.15) is 5.82 Å². The third kappa shape index (κ3) is 8.41. The zero-order valence-corrected chi connectivity index (χ0v) is 22.0. The summed E-state index contributed by atoms with van der Waals surface area (Å²) in [5.74, 6) is 0.661. The summed E-state index contributed by atoms with van der Waals surface area (Å²) in [7, 11) is -5.35. The molecule has 0 spiro atoms. The Bertz CT molecular complexity index is 1440. The summed E-state index contributed by atoms with van der Waals surface area (Å²) >= 11 is 0. The SMILES string of the molecule is CCOC(=O)N=[S-](=O)c1ccc(Nc2ncc(-c3cccc(NS(C)(=O)=O)c3)c(N[C@H](C)CO)n2)cc1. The Balaban J connectivity index is 1.88. The minimum atomic E-state index is -3.46. The van der Waals surface area contributed by atoms with Crippen LogP contribution in [0.2, 0.25) is 0 Å². The van der Waals surface area contributed by atoms with Crippen molar-refractivity contribution >= 4 is 49.9 Å². The lowest BCUT2D eigenvalue weighted by atomic mass is 10.1. The molecule has 1 aromatic heterocycles. The molecule has 0 bridgehead atoms. The van der Waals surface area contributed by atoms with Gasteiger partial charge in [0.05, 0.1) is 19.5 Å². The molecule has 2 aromatic carbocycles. The molecule has 37 heavy (non-hydrogen) atoms. The first-order chi connectivity index (χ1) is 17.6. The molecule has 0 fully saturated rings. The first kappa shape index (κ1) is 27.8. The normalized spacial score (nSPS) is 13.0. The van der Waals surface area contributed by atoms with Gasteiger partial charge in [-0.05, 0) is 43.7 Å². The van der Waals surface area contributed by atoms with Crippen molar-refractivity contribution in [2.75, 3.05) is 34.8 Å². The quantitative estimate of drug-likeness (QED) is 0.274. The first-order valence-corrected chi connectivity index (χ1v) is 14.1. The van der Waals surface area contributed by atoms with E-state index in [9.17, 15) is 22.5 Å². The molecule has 12 nitrogen and oxygen atoms in total. The van der Waals surface area contributed by atoms with Gasteiger partial charge in [-0.1, -0.05) is 29.2 Å². The van der Waals surface area contributed by atoms with Crippen LogP contribution in [0.15, 0.2) is 64.0 Å². The number of aliphatic hydroxyl groups is 1. The zero-order valence-electron chi connectivity index (χ0n) is 20.3. The van der Waals surface area contributed by atoms with E-state index >= 15 is 0 Å². The summed E-state index contributed by atoms with van der Waals surface area (Å²) in [5.41, 5.74) is 2.22. The third-order valence-electron chi connectivity index (χ3n) is 4.66. The van der Waals surface area contributed by atoms with Crippen LogP contribution in [-0.2, 0) is 29.6 Å². The van der Waals surface area contributed by atoms with Gasteiger partial charge in [-0.2, -0.15) is 4.98 Å². The Hall–Kier alpha value is -3.75. The monoisotopic (exact) mass is 547 g/mol. The number of hydrogen-bond acceptors (Lipinski definition) is 11. The summed E-state index contributed by atoms with van der Waals surface area (Å²) < 4.78 is 46.0. The van der Waals surface area contributed by atoms with Crippen LogP contribution in [0.4, 0.5) is 27.9 Å². The summed E-state index contributed by atoms with van der Waals surface area (Å²) in [4.78, 5) is 20.6. The molecule has 14 heteroatoms. The second-order valence-electron chi connectivity index (χ2n) is 7.83. The number of benzene rings is 2. The standard InChI is InChI=1S/C23H27N6O6S2/c1-4-35-23(31)28-36(32)19-10-8-17(9-11-19)26-22-24-13-20(21(27-22)25-15(2)14-30)16-6-5-7-18(12-16)29-37(3,33)34/h5-13,15,29-30H,4,14H2,1-3H3,(H2,24,25,26,27)/q-1/t15-/m1/s1. The number of carbonyl (C=O) groups is 1. The number of nitrogens with one attached hydrogen (secondary N) is 3. The Labute approximate surface area is 216 Å². The van der Waals surface area contributed by atoms with Gasteiger partial charge in [0.2, 0.25) is 16.0 Å². The molecule has 0 aliphatic rings. The molecular weight excluding hydrogens is 520 g/mol. The number of carbonyl (C=O) groups excluding carboxylic acids is 1. The van der Waals surface area contributed by atoms with E-state index in [0.717, 1.165) is 6.26 Å². The number of ether oxygens (including phenoxy) is 1. The average Bonchev–Trinajstić information content (AvgIpc) is 2.84. The van der Waals surface area contributed by atoms with Gasteiger partial charge in [-0.25, -0.2) is 18.2 Å². The second kappa shape index (κ2) is 12.5. The highest BCUT2D eigenvalue weighted by Crippen LogP contribution is 2.30. The molecule has 1 atom stereocenters. The van der Waals surface area contributed by atoms with Crippen molar-refractivity contribution in [2.24, 2.45) is 4.36 Å². The van der Waals surface area contributed by atoms with E-state index in [4.69, 9.17) is 0 Å². The lowest BCUT2D eigenvalue weighted by Gasteiger charge is -2.17. The predicted molar refractivity (Wildman–Crippen MR) is 142 cm³/mol. The summed E-state index contributed by atoms with van der Waals surface area (Å²) in [6.45, 7) is 3.40. The van der Waals surface area contributed by atoms with Crippen molar-refractivity contribution in [3.8, 4) is 11.1 Å². The molecular formula is C23H27N6O6S2-. The van der Waals surface area contributed by atoms with Crippen molar-refractivity contribution in [1.29, 1.82) is 0 Å². The van der Waals surface area contributed by atoms with Gasteiger partial charge in [0, 0.05) is 29.2 Å². The number of nitrogens with zero attached hydrogens (tertiary/aromatic N) is 3. The van der Waals surface area contributed by atoms with E-state index < -0.39 is 26.7 Å². The fraction of sp³-hybridized carbons (Fsp3) is 0.261. The molecule has 3 aromatic rings. The van der Waals surface area contributed by atoms with E-state index in [0.29, 0.717) is 33.2 Å². The minimum absolute atomic E-state index is 0.137. The van der Waals surface area contributed by atoms with Crippen molar-refractivity contribution in [1.82, 2.24) is 9.97 Å². The van der Waals surface area contributed by atoms with E-state index in [-0.39, 0.29) is 25.2 Å². The minimum Gasteiger partial charge on any atom is -0.450 e. The molecule has 4 N–H and O–H groups in total. The third-order valence-corrected chi connectivity index (χ3v) is 6.26. The Morgan fingerprint density at radius 1 is 1.19 bits per heavy atom. The van der Waals surface area contributed by atoms with Crippen LogP contribution in [0, 0.1) is 0 Å². The molecule has 0 radical (unpaired) electrons. The lowest BCUT2D eigenvalue weighted by molar-refractivity contribution is 0.164. The fourth-order valence-electron chi connectivity index (χ4n) is 3.06. The number of hydrogen-bond donors (Lipinski definition) is 4. The lowest BCUT2D eigenvalue weighted by Crippen LogP contribution is -2.21. The van der Waals surface area contributed by atoms with Crippen molar-refractivity contribution in [2.45, 2.75) is 24.8 Å². The number of aliphatic hydroxyl groups excluding tert-OH is 1. The van der Waals surface area contributed by atoms with Gasteiger partial charge in [0.15, 0.2) is 0 Å². The van der Waals surface area contributed by atoms with E-state index in [2.05, 4.69) is 34.4 Å². The molecule has 1 heterocycles. The van der Waals surface area contributed by atoms with Crippen LogP contribution < -0.4 is 15.4 Å². The molecule has 3 rings (SSSR count). The number of aromatic nitrogens is 2. The highest BCUT2D eigenvalue weighted by Gasteiger charge is 2.13. The van der Waals surface area contributed by atoms with Gasteiger partial charge >= 0.3 is 6.09 Å². The highest BCUT2D eigenvalue weighted by atomic mass is 32.2. The van der Waals surface area contributed by atoms with Crippen LogP contribution in [0.1, 0.15) is 13.8 Å². The maximum atomic E-state index is 12.2. The van der Waals surface area contributed by atoms with Crippen molar-refractivity contribution < 1.29 is 27.3 Å². The van der Waals surface area contributed by atoms with Gasteiger partial charge < -0.3 is 24.7 Å². The van der Waals surface area contributed by atoms with E-state index in [1.165, 1.54) is 0 Å². The first-order valence-electron chi connectivity index (χ1n) is 11.1. The molecule has 0 aliphatic heterocycles. The summed E-state index contributed by atoms with van der Waals surface area (Å²) in [6.07, 6.45) is 1.74. The molecule has 0 unspecified atom stereocenters. The molecule has 0 aliphatic carbocycles. The molecule has 198 valence electrons. The van der Waals surface area contributed by atoms with E-state index in [1.807, 2.05) is 0 Å². The number of anilines is 4. The molecule has 0 saturated carbocycles. The van der Waals surface area contributed by atoms with Crippen LogP contribution in [0.25, 0.3) is 11.1 Å². The van der Waals surface area contributed by atoms with Crippen molar-refractivity contribution in [3.05, 3.63) is 54.7 Å². The summed E-state index contributed by atoms with van der Waals surface area (Å²) in [5, 5.41) is 15.7. The van der Waals surface area contributed by atoms with Crippen LogP contribution >= 0.6 is 0 Å². The largest absolute Gasteiger partial charge is 0.450 e. The average molecular weight is 548 g/mol. The van der Waals surface area contributed by atoms with Crippen LogP contribution in [0.3, 0.4) is 0 Å². The zero-order chi connectivity index (χ0) is 27.0.